The highest BCUT2D eigenvalue weighted by molar-refractivity contribution is 5.87. The molecule has 0 saturated heterocycles. The van der Waals surface area contributed by atoms with Crippen molar-refractivity contribution in [3.63, 3.8) is 0 Å². The van der Waals surface area contributed by atoms with Gasteiger partial charge in [0.1, 0.15) is 5.69 Å². The van der Waals surface area contributed by atoms with E-state index in [0.717, 1.165) is 0 Å². The van der Waals surface area contributed by atoms with Crippen LogP contribution in [0.15, 0.2) is 11.0 Å². The normalized spacial score (nSPS) is 9.64. The average Bonchev–Trinajstić information content (AvgIpc) is 2.32. The van der Waals surface area contributed by atoms with Gasteiger partial charge >= 0.3 is 11.7 Å². The van der Waals surface area contributed by atoms with Crippen LogP contribution in [0.3, 0.4) is 0 Å². The molecular weight excluding hydrogens is 148 g/mol. The van der Waals surface area contributed by atoms with Crippen LogP contribution in [0.2, 0.25) is 0 Å². The molecule has 1 heterocycles. The Hall–Kier alpha value is -1.52. The Morgan fingerprint density at radius 1 is 1.73 bits per heavy atom. The third-order valence-corrected chi connectivity index (χ3v) is 1.39. The molecule has 1 aromatic rings. The van der Waals surface area contributed by atoms with Crippen LogP contribution in [0, 0.1) is 0 Å². The Kier molecular flexibility index (Phi) is 1.80. The van der Waals surface area contributed by atoms with Crippen molar-refractivity contribution in [1.29, 1.82) is 0 Å². The number of hydrogen-bond donors (Lipinski definition) is 1. The summed E-state index contributed by atoms with van der Waals surface area (Å²) in [6.07, 6.45) is 1.31. The summed E-state index contributed by atoms with van der Waals surface area (Å²) in [5.41, 5.74) is -0.108. The molecule has 0 radical (unpaired) electrons. The van der Waals surface area contributed by atoms with Crippen molar-refractivity contribution in [2.75, 3.05) is 7.11 Å². The molecule has 0 spiro atoms. The molecule has 1 rings (SSSR count). The predicted octanol–water partition coefficient (Wildman–Crippen LogP) is -0.500. The van der Waals surface area contributed by atoms with Gasteiger partial charge in [0.25, 0.3) is 0 Å². The van der Waals surface area contributed by atoms with Gasteiger partial charge in [-0.3, -0.25) is 4.57 Å². The van der Waals surface area contributed by atoms with E-state index in [4.69, 9.17) is 0 Å². The van der Waals surface area contributed by atoms with E-state index in [0.29, 0.717) is 0 Å². The van der Waals surface area contributed by atoms with E-state index in [9.17, 15) is 9.59 Å². The Labute approximate surface area is 62.6 Å². The Balaban J connectivity index is 3.15. The smallest absolute Gasteiger partial charge is 0.356 e. The molecular formula is C6H8N2O3. The Morgan fingerprint density at radius 3 is 2.73 bits per heavy atom. The summed E-state index contributed by atoms with van der Waals surface area (Å²) < 4.78 is 5.60. The SMILES string of the molecule is COC(=O)c1c[nH]c(=O)n1C. The zero-order chi connectivity index (χ0) is 8.43. The zero-order valence-electron chi connectivity index (χ0n) is 6.25. The van der Waals surface area contributed by atoms with Crippen molar-refractivity contribution in [1.82, 2.24) is 9.55 Å². The standard InChI is InChI=1S/C6H8N2O3/c1-8-4(5(9)11-2)3-7-6(8)10/h3H,1-2H3,(H,7,10). The molecule has 1 N–H and O–H groups in total. The van der Waals surface area contributed by atoms with Gasteiger partial charge in [-0.15, -0.1) is 0 Å². The molecule has 5 nitrogen and oxygen atoms in total. The topological polar surface area (TPSA) is 64.1 Å². The highest BCUT2D eigenvalue weighted by Gasteiger charge is 2.10. The highest BCUT2D eigenvalue weighted by Crippen LogP contribution is 1.93. The molecule has 1 aromatic heterocycles. The van der Waals surface area contributed by atoms with Crippen molar-refractivity contribution in [2.24, 2.45) is 7.05 Å². The lowest BCUT2D eigenvalue weighted by Crippen LogP contribution is -2.17. The summed E-state index contributed by atoms with van der Waals surface area (Å²) in [4.78, 5) is 24.0. The van der Waals surface area contributed by atoms with Gasteiger partial charge in [-0.2, -0.15) is 0 Å². The molecule has 5 heteroatoms. The summed E-state index contributed by atoms with van der Waals surface area (Å²) in [5.74, 6) is -0.522. The van der Waals surface area contributed by atoms with Crippen LogP contribution >= 0.6 is 0 Å². The maximum Gasteiger partial charge on any atom is 0.356 e. The zero-order valence-corrected chi connectivity index (χ0v) is 6.25. The van der Waals surface area contributed by atoms with Gasteiger partial charge in [0.05, 0.1) is 7.11 Å². The Bertz CT molecular complexity index is 323. The number of rotatable bonds is 1. The van der Waals surface area contributed by atoms with E-state index in [1.54, 1.807) is 0 Å². The molecule has 0 aliphatic carbocycles. The van der Waals surface area contributed by atoms with E-state index < -0.39 is 5.97 Å². The van der Waals surface area contributed by atoms with Crippen molar-refractivity contribution in [2.45, 2.75) is 0 Å². The minimum atomic E-state index is -0.522. The minimum absolute atomic E-state index is 0.220. The van der Waals surface area contributed by atoms with E-state index in [1.165, 1.54) is 24.9 Å². The number of ether oxygens (including phenoxy) is 1. The Morgan fingerprint density at radius 2 is 2.36 bits per heavy atom. The molecule has 11 heavy (non-hydrogen) atoms. The molecule has 0 amide bonds. The van der Waals surface area contributed by atoms with Crippen LogP contribution in [-0.2, 0) is 11.8 Å². The second-order valence-electron chi connectivity index (χ2n) is 2.03. The second-order valence-corrected chi connectivity index (χ2v) is 2.03. The van der Waals surface area contributed by atoms with E-state index >= 15 is 0 Å². The second kappa shape index (κ2) is 2.61. The van der Waals surface area contributed by atoms with Crippen molar-refractivity contribution in [3.05, 3.63) is 22.4 Å². The first-order chi connectivity index (χ1) is 5.16. The van der Waals surface area contributed by atoms with Crippen LogP contribution in [0.25, 0.3) is 0 Å². The number of methoxy groups -OCH3 is 1. The van der Waals surface area contributed by atoms with E-state index in [2.05, 4.69) is 9.72 Å². The lowest BCUT2D eigenvalue weighted by Gasteiger charge is -1.96. The number of esters is 1. The lowest BCUT2D eigenvalue weighted by atomic mass is 10.5. The number of aromatic nitrogens is 2. The van der Waals surface area contributed by atoms with E-state index in [-0.39, 0.29) is 11.4 Å². The third kappa shape index (κ3) is 1.17. The van der Waals surface area contributed by atoms with Gasteiger partial charge in [-0.1, -0.05) is 0 Å². The fourth-order valence-electron chi connectivity index (χ4n) is 0.734. The number of hydrogen-bond acceptors (Lipinski definition) is 3. The lowest BCUT2D eigenvalue weighted by molar-refractivity contribution is 0.0589. The first-order valence-electron chi connectivity index (χ1n) is 2.99. The molecule has 0 unspecified atom stereocenters. The fraction of sp³-hybridized carbons (Fsp3) is 0.333. The highest BCUT2D eigenvalue weighted by atomic mass is 16.5. The van der Waals surface area contributed by atoms with Crippen LogP contribution in [0.4, 0.5) is 0 Å². The predicted molar refractivity (Wildman–Crippen MR) is 37.4 cm³/mol. The number of H-pyrrole nitrogens is 1. The quantitative estimate of drug-likeness (QED) is 0.557. The monoisotopic (exact) mass is 156 g/mol. The largest absolute Gasteiger partial charge is 0.464 e. The first kappa shape index (κ1) is 7.59. The summed E-state index contributed by atoms with van der Waals surface area (Å²) in [6.45, 7) is 0. The summed E-state index contributed by atoms with van der Waals surface area (Å²) in [7, 11) is 2.75. The van der Waals surface area contributed by atoms with Crippen LogP contribution < -0.4 is 5.69 Å². The maximum absolute atomic E-state index is 10.8. The van der Waals surface area contributed by atoms with Gasteiger partial charge in [-0.25, -0.2) is 9.59 Å². The third-order valence-electron chi connectivity index (χ3n) is 1.39. The van der Waals surface area contributed by atoms with Crippen LogP contribution in [0.5, 0.6) is 0 Å². The number of aromatic amines is 1. The minimum Gasteiger partial charge on any atom is -0.464 e. The average molecular weight is 156 g/mol. The van der Waals surface area contributed by atoms with Gasteiger partial charge in [-0.05, 0) is 0 Å². The summed E-state index contributed by atoms with van der Waals surface area (Å²) in [6, 6.07) is 0. The molecule has 0 fully saturated rings. The summed E-state index contributed by atoms with van der Waals surface area (Å²) >= 11 is 0. The van der Waals surface area contributed by atoms with E-state index in [1.807, 2.05) is 0 Å². The maximum atomic E-state index is 10.8. The molecule has 0 aliphatic heterocycles. The van der Waals surface area contributed by atoms with Gasteiger partial charge in [0.2, 0.25) is 0 Å². The molecule has 0 saturated carbocycles. The fourth-order valence-corrected chi connectivity index (χ4v) is 0.734. The van der Waals surface area contributed by atoms with Crippen LogP contribution in [0.1, 0.15) is 10.5 Å². The van der Waals surface area contributed by atoms with Crippen molar-refractivity contribution < 1.29 is 9.53 Å². The van der Waals surface area contributed by atoms with Crippen molar-refractivity contribution >= 4 is 5.97 Å². The van der Waals surface area contributed by atoms with Gasteiger partial charge in [0.15, 0.2) is 0 Å². The molecule has 0 aromatic carbocycles. The van der Waals surface area contributed by atoms with Gasteiger partial charge < -0.3 is 9.72 Å². The molecule has 0 aliphatic rings. The summed E-state index contributed by atoms with van der Waals surface area (Å²) in [5, 5.41) is 0. The van der Waals surface area contributed by atoms with Crippen molar-refractivity contribution in [3.8, 4) is 0 Å². The number of nitrogens with one attached hydrogen (secondary N) is 1. The number of imidazole rings is 1. The number of carbonyl (C=O) groups excluding carboxylic acids is 1. The number of nitrogens with zero attached hydrogens (tertiary/aromatic N) is 1. The van der Waals surface area contributed by atoms with Crippen LogP contribution in [-0.4, -0.2) is 22.6 Å². The molecule has 60 valence electrons. The molecule has 0 atom stereocenters. The number of carbonyl (C=O) groups is 1. The molecule has 0 bridgehead atoms. The van der Waals surface area contributed by atoms with Gasteiger partial charge in [0, 0.05) is 13.2 Å². The first-order valence-corrected chi connectivity index (χ1v) is 2.99.